The number of rotatable bonds is 2. The van der Waals surface area contributed by atoms with E-state index in [4.69, 9.17) is 0 Å². The Morgan fingerprint density at radius 3 is 2.59 bits per heavy atom. The van der Waals surface area contributed by atoms with E-state index in [9.17, 15) is 4.79 Å². The van der Waals surface area contributed by atoms with Gasteiger partial charge in [-0.25, -0.2) is 4.98 Å². The summed E-state index contributed by atoms with van der Waals surface area (Å²) in [5.41, 5.74) is -0.234. The summed E-state index contributed by atoms with van der Waals surface area (Å²) in [4.78, 5) is 18.5. The standard InChI is InChI=1S/C12H20N4O/c1-12(2,3)16-6-5-14-10(11(16)17)15(4)9-7-13-8-9/h5-6,9,13H,7-8H2,1-4H3. The number of hydrogen-bond acceptors (Lipinski definition) is 4. The van der Waals surface area contributed by atoms with Gasteiger partial charge in [-0.2, -0.15) is 0 Å². The second kappa shape index (κ2) is 4.14. The molecule has 0 bridgehead atoms. The molecule has 1 N–H and O–H groups in total. The van der Waals surface area contributed by atoms with Crippen molar-refractivity contribution in [2.45, 2.75) is 32.4 Å². The van der Waals surface area contributed by atoms with Crippen LogP contribution in [0.3, 0.4) is 0 Å². The molecule has 94 valence electrons. The largest absolute Gasteiger partial charge is 0.350 e. The van der Waals surface area contributed by atoms with Crippen LogP contribution in [0.25, 0.3) is 0 Å². The van der Waals surface area contributed by atoms with Gasteiger partial charge in [-0.15, -0.1) is 0 Å². The molecule has 1 saturated heterocycles. The van der Waals surface area contributed by atoms with Crippen molar-refractivity contribution in [3.63, 3.8) is 0 Å². The van der Waals surface area contributed by atoms with E-state index < -0.39 is 0 Å². The van der Waals surface area contributed by atoms with Crippen molar-refractivity contribution in [1.29, 1.82) is 0 Å². The summed E-state index contributed by atoms with van der Waals surface area (Å²) in [5.74, 6) is 0.536. The van der Waals surface area contributed by atoms with E-state index in [1.807, 2.05) is 32.7 Å². The molecular formula is C12H20N4O. The summed E-state index contributed by atoms with van der Waals surface area (Å²) in [6.07, 6.45) is 3.45. The maximum absolute atomic E-state index is 12.3. The first-order chi connectivity index (χ1) is 7.91. The van der Waals surface area contributed by atoms with Crippen LogP contribution in [-0.2, 0) is 5.54 Å². The first-order valence-corrected chi connectivity index (χ1v) is 5.93. The highest BCUT2D eigenvalue weighted by molar-refractivity contribution is 5.37. The minimum Gasteiger partial charge on any atom is -0.350 e. The van der Waals surface area contributed by atoms with Crippen molar-refractivity contribution in [1.82, 2.24) is 14.9 Å². The average molecular weight is 236 g/mol. The van der Waals surface area contributed by atoms with E-state index in [-0.39, 0.29) is 11.1 Å². The lowest BCUT2D eigenvalue weighted by Gasteiger charge is -2.36. The molecule has 0 unspecified atom stereocenters. The Kier molecular flexibility index (Phi) is 2.95. The van der Waals surface area contributed by atoms with Gasteiger partial charge in [0, 0.05) is 38.1 Å². The summed E-state index contributed by atoms with van der Waals surface area (Å²) in [6.45, 7) is 7.89. The van der Waals surface area contributed by atoms with Crippen LogP contribution in [0.1, 0.15) is 20.8 Å². The monoisotopic (exact) mass is 236 g/mol. The minimum absolute atomic E-state index is 0.0191. The highest BCUT2D eigenvalue weighted by atomic mass is 16.1. The number of nitrogens with one attached hydrogen (secondary N) is 1. The van der Waals surface area contributed by atoms with Gasteiger partial charge >= 0.3 is 0 Å². The van der Waals surface area contributed by atoms with Crippen LogP contribution in [0, 0.1) is 0 Å². The Bertz CT molecular complexity index is 456. The van der Waals surface area contributed by atoms with E-state index in [2.05, 4.69) is 10.3 Å². The smallest absolute Gasteiger partial charge is 0.293 e. The average Bonchev–Trinajstić information content (AvgIpc) is 2.13. The number of nitrogens with zero attached hydrogens (tertiary/aromatic N) is 3. The molecule has 0 aromatic carbocycles. The SMILES string of the molecule is CN(c1nccn(C(C)(C)C)c1=O)C1CNC1. The molecule has 1 aliphatic rings. The van der Waals surface area contributed by atoms with Gasteiger partial charge in [0.1, 0.15) is 0 Å². The van der Waals surface area contributed by atoms with E-state index >= 15 is 0 Å². The van der Waals surface area contributed by atoms with Crippen LogP contribution in [-0.4, -0.2) is 35.7 Å². The first kappa shape index (κ1) is 12.1. The van der Waals surface area contributed by atoms with Crippen molar-refractivity contribution >= 4 is 5.82 Å². The third kappa shape index (κ3) is 2.20. The van der Waals surface area contributed by atoms with Crippen molar-refractivity contribution in [3.8, 4) is 0 Å². The predicted molar refractivity (Wildman–Crippen MR) is 68.6 cm³/mol. The molecule has 0 aliphatic carbocycles. The summed E-state index contributed by atoms with van der Waals surface area (Å²) < 4.78 is 1.73. The van der Waals surface area contributed by atoms with Gasteiger partial charge in [-0.1, -0.05) is 0 Å². The molecule has 5 heteroatoms. The van der Waals surface area contributed by atoms with Crippen LogP contribution in [0.4, 0.5) is 5.82 Å². The molecule has 1 aromatic heterocycles. The topological polar surface area (TPSA) is 50.2 Å². The van der Waals surface area contributed by atoms with Gasteiger partial charge in [0.05, 0.1) is 6.04 Å². The molecule has 5 nitrogen and oxygen atoms in total. The Morgan fingerprint density at radius 1 is 1.47 bits per heavy atom. The van der Waals surface area contributed by atoms with Gasteiger partial charge in [-0.05, 0) is 20.8 Å². The Hall–Kier alpha value is -1.36. The van der Waals surface area contributed by atoms with Gasteiger partial charge in [0.15, 0.2) is 5.82 Å². The summed E-state index contributed by atoms with van der Waals surface area (Å²) in [5, 5.41) is 3.20. The molecule has 2 heterocycles. The third-order valence-corrected chi connectivity index (χ3v) is 3.19. The third-order valence-electron chi connectivity index (χ3n) is 3.19. The number of hydrogen-bond donors (Lipinski definition) is 1. The lowest BCUT2D eigenvalue weighted by Crippen LogP contribution is -2.57. The molecule has 0 atom stereocenters. The highest BCUT2D eigenvalue weighted by Gasteiger charge is 2.26. The minimum atomic E-state index is -0.215. The van der Waals surface area contributed by atoms with Crippen LogP contribution >= 0.6 is 0 Å². The number of likely N-dealkylation sites (N-methyl/N-ethyl adjacent to an activating group) is 1. The van der Waals surface area contributed by atoms with Gasteiger partial charge in [0.2, 0.25) is 0 Å². The summed E-state index contributed by atoms with van der Waals surface area (Å²) in [7, 11) is 1.93. The van der Waals surface area contributed by atoms with E-state index in [0.717, 1.165) is 13.1 Å². The first-order valence-electron chi connectivity index (χ1n) is 5.93. The fourth-order valence-electron chi connectivity index (χ4n) is 1.89. The normalized spacial score (nSPS) is 16.7. The second-order valence-electron chi connectivity index (χ2n) is 5.52. The molecule has 1 fully saturated rings. The highest BCUT2D eigenvalue weighted by Crippen LogP contribution is 2.14. The lowest BCUT2D eigenvalue weighted by atomic mass is 10.1. The molecule has 1 aromatic rings. The maximum atomic E-state index is 12.3. The van der Waals surface area contributed by atoms with Crippen molar-refractivity contribution < 1.29 is 0 Å². The fourth-order valence-corrected chi connectivity index (χ4v) is 1.89. The van der Waals surface area contributed by atoms with Gasteiger partial charge in [0.25, 0.3) is 5.56 Å². The number of anilines is 1. The van der Waals surface area contributed by atoms with E-state index in [1.54, 1.807) is 17.0 Å². The Balaban J connectivity index is 2.38. The molecule has 0 spiro atoms. The lowest BCUT2D eigenvalue weighted by molar-refractivity contribution is 0.378. The van der Waals surface area contributed by atoms with E-state index in [0.29, 0.717) is 11.9 Å². The van der Waals surface area contributed by atoms with Crippen molar-refractivity contribution in [3.05, 3.63) is 22.7 Å². The van der Waals surface area contributed by atoms with Crippen LogP contribution in [0.2, 0.25) is 0 Å². The zero-order chi connectivity index (χ0) is 12.6. The second-order valence-corrected chi connectivity index (χ2v) is 5.52. The quantitative estimate of drug-likeness (QED) is 0.808. The Labute approximate surface area is 101 Å². The predicted octanol–water partition coefficient (Wildman–Crippen LogP) is 0.406. The Morgan fingerprint density at radius 2 is 2.12 bits per heavy atom. The zero-order valence-electron chi connectivity index (χ0n) is 10.9. The molecule has 0 saturated carbocycles. The van der Waals surface area contributed by atoms with Crippen molar-refractivity contribution in [2.75, 3.05) is 25.0 Å². The zero-order valence-corrected chi connectivity index (χ0v) is 10.9. The molecule has 0 radical (unpaired) electrons. The van der Waals surface area contributed by atoms with Crippen LogP contribution in [0.5, 0.6) is 0 Å². The molecule has 2 rings (SSSR count). The van der Waals surface area contributed by atoms with Crippen molar-refractivity contribution in [2.24, 2.45) is 0 Å². The maximum Gasteiger partial charge on any atom is 0.293 e. The summed E-state index contributed by atoms with van der Waals surface area (Å²) >= 11 is 0. The van der Waals surface area contributed by atoms with Gasteiger partial charge < -0.3 is 14.8 Å². The van der Waals surface area contributed by atoms with Gasteiger partial charge in [-0.3, -0.25) is 4.79 Å². The molecule has 0 amide bonds. The number of aromatic nitrogens is 2. The fraction of sp³-hybridized carbons (Fsp3) is 0.667. The molecule has 17 heavy (non-hydrogen) atoms. The van der Waals surface area contributed by atoms with Crippen LogP contribution < -0.4 is 15.8 Å². The molecule has 1 aliphatic heterocycles. The summed E-state index contributed by atoms with van der Waals surface area (Å²) in [6, 6.07) is 0.381. The van der Waals surface area contributed by atoms with E-state index in [1.165, 1.54) is 0 Å². The van der Waals surface area contributed by atoms with Crippen LogP contribution in [0.15, 0.2) is 17.2 Å². The molecular weight excluding hydrogens is 216 g/mol.